The molecule has 0 aliphatic rings. The first-order valence-electron chi connectivity index (χ1n) is 9.26. The van der Waals surface area contributed by atoms with Gasteiger partial charge in [0.05, 0.1) is 18.9 Å². The zero-order chi connectivity index (χ0) is 20.8. The molecule has 0 bridgehead atoms. The molecule has 0 aliphatic carbocycles. The van der Waals surface area contributed by atoms with Crippen molar-refractivity contribution in [1.82, 2.24) is 9.97 Å². The summed E-state index contributed by atoms with van der Waals surface area (Å²) in [6, 6.07) is 14.6. The maximum Gasteiger partial charge on any atom is 0.274 e. The predicted molar refractivity (Wildman–Crippen MR) is 113 cm³/mol. The van der Waals surface area contributed by atoms with Crippen LogP contribution < -0.4 is 20.1 Å². The summed E-state index contributed by atoms with van der Waals surface area (Å²) in [6.45, 7) is 5.91. The lowest BCUT2D eigenvalue weighted by atomic mass is 10.2. The van der Waals surface area contributed by atoms with Crippen LogP contribution in [0.25, 0.3) is 0 Å². The number of nitrogens with zero attached hydrogens (tertiary/aromatic N) is 2. The van der Waals surface area contributed by atoms with Gasteiger partial charge in [0.25, 0.3) is 5.91 Å². The van der Waals surface area contributed by atoms with Crippen molar-refractivity contribution in [3.63, 3.8) is 0 Å². The number of nitrogens with one attached hydrogen (secondary N) is 2. The summed E-state index contributed by atoms with van der Waals surface area (Å²) in [5, 5.41) is 6.00. The highest BCUT2D eigenvalue weighted by Crippen LogP contribution is 2.28. The number of benzene rings is 2. The molecule has 7 nitrogen and oxygen atoms in total. The second-order valence-electron chi connectivity index (χ2n) is 6.76. The predicted octanol–water partition coefficient (Wildman–Crippen LogP) is 4.58. The van der Waals surface area contributed by atoms with Crippen molar-refractivity contribution in [2.45, 2.75) is 26.9 Å². The van der Waals surface area contributed by atoms with E-state index in [4.69, 9.17) is 9.47 Å². The molecule has 0 saturated carbocycles. The molecule has 0 fully saturated rings. The Kier molecular flexibility index (Phi) is 6.29. The lowest BCUT2D eigenvalue weighted by molar-refractivity contribution is 0.102. The molecule has 29 heavy (non-hydrogen) atoms. The molecule has 0 aliphatic heterocycles. The standard InChI is InChI=1S/C22H24N4O3/c1-14(2)29-17-8-6-16(7-9-17)25-22(27)19-12-21(24-13-23-19)26-18-11-15(3)5-10-20(18)28-4/h5-14H,1-4H3,(H,25,27)(H,23,24,26). The maximum absolute atomic E-state index is 12.6. The molecule has 3 rings (SSSR count). The summed E-state index contributed by atoms with van der Waals surface area (Å²) in [5.74, 6) is 1.60. The molecule has 2 aromatic carbocycles. The van der Waals surface area contributed by atoms with Crippen molar-refractivity contribution in [3.05, 3.63) is 66.1 Å². The largest absolute Gasteiger partial charge is 0.495 e. The summed E-state index contributed by atoms with van der Waals surface area (Å²) in [5.41, 5.74) is 2.74. The van der Waals surface area contributed by atoms with Crippen LogP contribution in [0.2, 0.25) is 0 Å². The minimum Gasteiger partial charge on any atom is -0.495 e. The first-order chi connectivity index (χ1) is 13.9. The van der Waals surface area contributed by atoms with Gasteiger partial charge in [0.15, 0.2) is 0 Å². The number of ether oxygens (including phenoxy) is 2. The number of aryl methyl sites for hydroxylation is 1. The molecule has 150 valence electrons. The minimum absolute atomic E-state index is 0.0920. The Hall–Kier alpha value is -3.61. The van der Waals surface area contributed by atoms with E-state index in [0.717, 1.165) is 17.0 Å². The molecule has 2 N–H and O–H groups in total. The van der Waals surface area contributed by atoms with Crippen LogP contribution in [0.5, 0.6) is 11.5 Å². The third-order valence-electron chi connectivity index (χ3n) is 4.00. The Morgan fingerprint density at radius 1 is 1.03 bits per heavy atom. The summed E-state index contributed by atoms with van der Waals surface area (Å²) in [4.78, 5) is 20.8. The normalized spacial score (nSPS) is 10.5. The van der Waals surface area contributed by atoms with Gasteiger partial charge in [-0.2, -0.15) is 0 Å². The number of amides is 1. The number of carbonyl (C=O) groups is 1. The van der Waals surface area contributed by atoms with Gasteiger partial charge in [0.1, 0.15) is 29.3 Å². The smallest absolute Gasteiger partial charge is 0.274 e. The molecule has 3 aromatic rings. The molecule has 7 heteroatoms. The van der Waals surface area contributed by atoms with Crippen molar-refractivity contribution in [3.8, 4) is 11.5 Å². The Bertz CT molecular complexity index is 988. The third-order valence-corrected chi connectivity index (χ3v) is 4.00. The average molecular weight is 392 g/mol. The molecule has 0 spiro atoms. The molecule has 0 radical (unpaired) electrons. The van der Waals surface area contributed by atoms with E-state index in [1.165, 1.54) is 6.33 Å². The molecule has 1 aromatic heterocycles. The van der Waals surface area contributed by atoms with Crippen LogP contribution in [0, 0.1) is 6.92 Å². The molecule has 1 amide bonds. The van der Waals surface area contributed by atoms with Gasteiger partial charge in [-0.1, -0.05) is 6.07 Å². The van der Waals surface area contributed by atoms with Crippen molar-refractivity contribution in [2.24, 2.45) is 0 Å². The monoisotopic (exact) mass is 392 g/mol. The van der Waals surface area contributed by atoms with Crippen LogP contribution in [-0.2, 0) is 0 Å². The minimum atomic E-state index is -0.329. The van der Waals surface area contributed by atoms with Gasteiger partial charge in [-0.3, -0.25) is 4.79 Å². The van der Waals surface area contributed by atoms with E-state index in [9.17, 15) is 4.79 Å². The molecular weight excluding hydrogens is 368 g/mol. The topological polar surface area (TPSA) is 85.4 Å². The van der Waals surface area contributed by atoms with Gasteiger partial charge in [0.2, 0.25) is 0 Å². The Balaban J connectivity index is 1.72. The van der Waals surface area contributed by atoms with E-state index in [1.54, 1.807) is 25.3 Å². The number of methoxy groups -OCH3 is 1. The van der Waals surface area contributed by atoms with Gasteiger partial charge in [-0.05, 0) is 62.7 Å². The Labute approximate surface area is 170 Å². The van der Waals surface area contributed by atoms with Gasteiger partial charge < -0.3 is 20.1 Å². The quantitative estimate of drug-likeness (QED) is 0.612. The Morgan fingerprint density at radius 3 is 2.48 bits per heavy atom. The van der Waals surface area contributed by atoms with E-state index in [1.807, 2.05) is 51.1 Å². The average Bonchev–Trinajstić information content (AvgIpc) is 2.69. The zero-order valence-corrected chi connectivity index (χ0v) is 16.9. The first-order valence-corrected chi connectivity index (χ1v) is 9.26. The summed E-state index contributed by atoms with van der Waals surface area (Å²) in [6.07, 6.45) is 1.44. The second-order valence-corrected chi connectivity index (χ2v) is 6.76. The number of hydrogen-bond acceptors (Lipinski definition) is 6. The van der Waals surface area contributed by atoms with Crippen molar-refractivity contribution < 1.29 is 14.3 Å². The SMILES string of the molecule is COc1ccc(C)cc1Nc1cc(C(=O)Nc2ccc(OC(C)C)cc2)ncn1. The van der Waals surface area contributed by atoms with Gasteiger partial charge in [0, 0.05) is 11.8 Å². The molecular formula is C22H24N4O3. The maximum atomic E-state index is 12.6. The number of aromatic nitrogens is 2. The van der Waals surface area contributed by atoms with Crippen LogP contribution in [-0.4, -0.2) is 29.1 Å². The van der Waals surface area contributed by atoms with E-state index in [0.29, 0.717) is 17.3 Å². The van der Waals surface area contributed by atoms with E-state index in [2.05, 4.69) is 20.6 Å². The fourth-order valence-corrected chi connectivity index (χ4v) is 2.69. The third kappa shape index (κ3) is 5.44. The van der Waals surface area contributed by atoms with Crippen LogP contribution in [0.4, 0.5) is 17.2 Å². The highest BCUT2D eigenvalue weighted by atomic mass is 16.5. The lowest BCUT2D eigenvalue weighted by Crippen LogP contribution is -2.14. The van der Waals surface area contributed by atoms with Crippen LogP contribution in [0.3, 0.4) is 0 Å². The van der Waals surface area contributed by atoms with Crippen LogP contribution in [0.1, 0.15) is 29.9 Å². The zero-order valence-electron chi connectivity index (χ0n) is 16.9. The van der Waals surface area contributed by atoms with Gasteiger partial charge >= 0.3 is 0 Å². The molecule has 0 atom stereocenters. The number of hydrogen-bond donors (Lipinski definition) is 2. The fraction of sp³-hybridized carbons (Fsp3) is 0.227. The fourth-order valence-electron chi connectivity index (χ4n) is 2.69. The summed E-state index contributed by atoms with van der Waals surface area (Å²) >= 11 is 0. The lowest BCUT2D eigenvalue weighted by Gasteiger charge is -2.12. The molecule has 0 saturated heterocycles. The molecule has 0 unspecified atom stereocenters. The summed E-state index contributed by atoms with van der Waals surface area (Å²) in [7, 11) is 1.60. The van der Waals surface area contributed by atoms with E-state index < -0.39 is 0 Å². The highest BCUT2D eigenvalue weighted by molar-refractivity contribution is 6.03. The van der Waals surface area contributed by atoms with Crippen molar-refractivity contribution >= 4 is 23.1 Å². The summed E-state index contributed by atoms with van der Waals surface area (Å²) < 4.78 is 11.0. The van der Waals surface area contributed by atoms with Gasteiger partial charge in [-0.15, -0.1) is 0 Å². The van der Waals surface area contributed by atoms with Crippen molar-refractivity contribution in [1.29, 1.82) is 0 Å². The number of carbonyl (C=O) groups excluding carboxylic acids is 1. The Morgan fingerprint density at radius 2 is 1.79 bits per heavy atom. The number of anilines is 3. The second kappa shape index (κ2) is 9.05. The molecule has 1 heterocycles. The van der Waals surface area contributed by atoms with Crippen LogP contribution >= 0.6 is 0 Å². The highest BCUT2D eigenvalue weighted by Gasteiger charge is 2.11. The van der Waals surface area contributed by atoms with Gasteiger partial charge in [-0.25, -0.2) is 9.97 Å². The van der Waals surface area contributed by atoms with E-state index >= 15 is 0 Å². The first kappa shape index (κ1) is 20.1. The van der Waals surface area contributed by atoms with E-state index in [-0.39, 0.29) is 17.7 Å². The van der Waals surface area contributed by atoms with Crippen LogP contribution in [0.15, 0.2) is 54.9 Å². The van der Waals surface area contributed by atoms with Crippen molar-refractivity contribution in [2.75, 3.05) is 17.7 Å². The number of rotatable bonds is 7.